The molecule has 2 saturated heterocycles. The zero-order chi connectivity index (χ0) is 22.5. The van der Waals surface area contributed by atoms with Crippen molar-refractivity contribution in [2.24, 2.45) is 7.05 Å². The molecule has 1 amide bonds. The lowest BCUT2D eigenvalue weighted by atomic mass is 9.98. The fraction of sp³-hybridized carbons (Fsp3) is 0.308. The molecule has 6 rings (SSSR count). The maximum absolute atomic E-state index is 13.2. The van der Waals surface area contributed by atoms with Crippen LogP contribution in [0, 0.1) is 6.92 Å². The summed E-state index contributed by atoms with van der Waals surface area (Å²) in [5.74, 6) is 3.75. The molecule has 1 unspecified atom stereocenters. The zero-order valence-electron chi connectivity index (χ0n) is 18.8. The van der Waals surface area contributed by atoms with Gasteiger partial charge in [0.05, 0.1) is 22.9 Å². The van der Waals surface area contributed by atoms with E-state index in [-0.39, 0.29) is 11.8 Å². The van der Waals surface area contributed by atoms with Gasteiger partial charge < -0.3 is 9.47 Å². The van der Waals surface area contributed by atoms with Crippen molar-refractivity contribution in [2.45, 2.75) is 25.2 Å². The van der Waals surface area contributed by atoms with Crippen LogP contribution in [0.5, 0.6) is 0 Å². The van der Waals surface area contributed by atoms with Gasteiger partial charge in [-0.2, -0.15) is 0 Å². The molecule has 4 heterocycles. The number of anilines is 2. The van der Waals surface area contributed by atoms with Crippen LogP contribution in [-0.2, 0) is 11.8 Å². The van der Waals surface area contributed by atoms with Crippen molar-refractivity contribution >= 4 is 28.6 Å². The SMILES string of the molecule is Cc1nc(N2CC(c3nc4ccccc4n3C)C2)cc(N2CCC(c3ccccc3)C2=O)n1. The second-order valence-electron chi connectivity index (χ2n) is 8.99. The number of hydrogen-bond donors (Lipinski definition) is 0. The number of carbonyl (C=O) groups is 1. The Morgan fingerprint density at radius 1 is 0.909 bits per heavy atom. The highest BCUT2D eigenvalue weighted by molar-refractivity contribution is 5.99. The molecule has 33 heavy (non-hydrogen) atoms. The fourth-order valence-electron chi connectivity index (χ4n) is 5.10. The number of amides is 1. The summed E-state index contributed by atoms with van der Waals surface area (Å²) in [6.07, 6.45) is 0.805. The lowest BCUT2D eigenvalue weighted by molar-refractivity contribution is -0.118. The number of benzene rings is 2. The van der Waals surface area contributed by atoms with Gasteiger partial charge in [0, 0.05) is 32.7 Å². The second kappa shape index (κ2) is 7.69. The van der Waals surface area contributed by atoms with Gasteiger partial charge in [-0.05, 0) is 31.0 Å². The van der Waals surface area contributed by atoms with Gasteiger partial charge in [-0.3, -0.25) is 9.69 Å². The van der Waals surface area contributed by atoms with Crippen LogP contribution in [0.15, 0.2) is 60.7 Å². The van der Waals surface area contributed by atoms with Crippen LogP contribution in [0.1, 0.15) is 35.5 Å². The Balaban J connectivity index is 1.21. The van der Waals surface area contributed by atoms with E-state index in [9.17, 15) is 4.79 Å². The van der Waals surface area contributed by atoms with Gasteiger partial charge in [0.15, 0.2) is 0 Å². The largest absolute Gasteiger partial charge is 0.355 e. The monoisotopic (exact) mass is 438 g/mol. The summed E-state index contributed by atoms with van der Waals surface area (Å²) < 4.78 is 2.20. The van der Waals surface area contributed by atoms with E-state index in [0.717, 1.165) is 47.7 Å². The Morgan fingerprint density at radius 3 is 2.42 bits per heavy atom. The molecule has 0 saturated carbocycles. The molecule has 2 fully saturated rings. The number of imidazole rings is 1. The van der Waals surface area contributed by atoms with E-state index in [4.69, 9.17) is 4.98 Å². The number of carbonyl (C=O) groups excluding carboxylic acids is 1. The third-order valence-corrected chi connectivity index (χ3v) is 6.89. The minimum Gasteiger partial charge on any atom is -0.355 e. The Kier molecular flexibility index (Phi) is 4.64. The molecule has 2 aliphatic rings. The van der Waals surface area contributed by atoms with E-state index < -0.39 is 0 Å². The van der Waals surface area contributed by atoms with E-state index >= 15 is 0 Å². The summed E-state index contributed by atoms with van der Waals surface area (Å²) in [6.45, 7) is 4.28. The molecule has 0 radical (unpaired) electrons. The quantitative estimate of drug-likeness (QED) is 0.485. The number of aryl methyl sites for hydroxylation is 2. The molecule has 7 heteroatoms. The van der Waals surface area contributed by atoms with Crippen LogP contribution in [0.2, 0.25) is 0 Å². The Bertz CT molecular complexity index is 1340. The highest BCUT2D eigenvalue weighted by atomic mass is 16.2. The van der Waals surface area contributed by atoms with Crippen molar-refractivity contribution in [1.82, 2.24) is 19.5 Å². The van der Waals surface area contributed by atoms with Gasteiger partial charge in [-0.15, -0.1) is 0 Å². The predicted octanol–water partition coefficient (Wildman–Crippen LogP) is 3.80. The molecular formula is C26H26N6O. The summed E-state index contributed by atoms with van der Waals surface area (Å²) >= 11 is 0. The highest BCUT2D eigenvalue weighted by Crippen LogP contribution is 2.35. The number of nitrogens with zero attached hydrogens (tertiary/aromatic N) is 6. The minimum absolute atomic E-state index is 0.101. The third kappa shape index (κ3) is 3.35. The van der Waals surface area contributed by atoms with Gasteiger partial charge >= 0.3 is 0 Å². The van der Waals surface area contributed by atoms with E-state index in [1.807, 2.05) is 60.4 Å². The van der Waals surface area contributed by atoms with E-state index in [1.54, 1.807) is 0 Å². The van der Waals surface area contributed by atoms with Crippen LogP contribution in [-0.4, -0.2) is 45.1 Å². The molecule has 166 valence electrons. The van der Waals surface area contributed by atoms with Gasteiger partial charge in [0.25, 0.3) is 0 Å². The number of aromatic nitrogens is 4. The smallest absolute Gasteiger partial charge is 0.235 e. The van der Waals surface area contributed by atoms with Gasteiger partial charge in [-0.1, -0.05) is 42.5 Å². The van der Waals surface area contributed by atoms with Crippen molar-refractivity contribution in [2.75, 3.05) is 29.4 Å². The Hall–Kier alpha value is -3.74. The van der Waals surface area contributed by atoms with Gasteiger partial charge in [0.2, 0.25) is 5.91 Å². The van der Waals surface area contributed by atoms with Gasteiger partial charge in [0.1, 0.15) is 23.3 Å². The van der Waals surface area contributed by atoms with Crippen molar-refractivity contribution in [1.29, 1.82) is 0 Å². The predicted molar refractivity (Wildman–Crippen MR) is 129 cm³/mol. The second-order valence-corrected chi connectivity index (χ2v) is 8.99. The summed E-state index contributed by atoms with van der Waals surface area (Å²) in [7, 11) is 2.09. The first kappa shape index (κ1) is 19.9. The van der Waals surface area contributed by atoms with E-state index in [2.05, 4.69) is 38.6 Å². The first-order valence-electron chi connectivity index (χ1n) is 11.5. The number of fused-ring (bicyclic) bond motifs is 1. The molecule has 2 aromatic heterocycles. The lowest BCUT2D eigenvalue weighted by Crippen LogP contribution is -2.46. The summed E-state index contributed by atoms with van der Waals surface area (Å²) in [6, 6.07) is 20.2. The van der Waals surface area contributed by atoms with Crippen LogP contribution < -0.4 is 9.80 Å². The fourth-order valence-corrected chi connectivity index (χ4v) is 5.10. The maximum atomic E-state index is 13.2. The standard InChI is InChI=1S/C26H26N6O/c1-17-27-23(31-15-19(16-31)25-29-21-10-6-7-11-22(21)30(25)2)14-24(28-17)32-13-12-20(26(32)33)18-8-4-3-5-9-18/h3-11,14,19-20H,12-13,15-16H2,1-2H3. The minimum atomic E-state index is -0.101. The van der Waals surface area contributed by atoms with E-state index in [0.29, 0.717) is 24.1 Å². The summed E-state index contributed by atoms with van der Waals surface area (Å²) in [5.41, 5.74) is 3.27. The van der Waals surface area contributed by atoms with Crippen molar-refractivity contribution in [3.05, 3.63) is 77.9 Å². The first-order valence-corrected chi connectivity index (χ1v) is 11.5. The molecule has 2 aliphatic heterocycles. The number of para-hydroxylation sites is 2. The molecule has 1 atom stereocenters. The number of hydrogen-bond acceptors (Lipinski definition) is 5. The van der Waals surface area contributed by atoms with Crippen molar-refractivity contribution < 1.29 is 4.79 Å². The third-order valence-electron chi connectivity index (χ3n) is 6.89. The number of rotatable bonds is 4. The molecule has 2 aromatic carbocycles. The zero-order valence-corrected chi connectivity index (χ0v) is 18.8. The Labute approximate surface area is 192 Å². The highest BCUT2D eigenvalue weighted by Gasteiger charge is 2.36. The van der Waals surface area contributed by atoms with Crippen LogP contribution in [0.3, 0.4) is 0 Å². The average molecular weight is 439 g/mol. The molecule has 7 nitrogen and oxygen atoms in total. The van der Waals surface area contributed by atoms with E-state index in [1.165, 1.54) is 0 Å². The molecule has 0 aliphatic carbocycles. The summed E-state index contributed by atoms with van der Waals surface area (Å²) in [4.78, 5) is 31.4. The molecular weight excluding hydrogens is 412 g/mol. The average Bonchev–Trinajstić information content (AvgIpc) is 3.33. The summed E-state index contributed by atoms with van der Waals surface area (Å²) in [5, 5.41) is 0. The first-order chi connectivity index (χ1) is 16.1. The maximum Gasteiger partial charge on any atom is 0.235 e. The van der Waals surface area contributed by atoms with Crippen molar-refractivity contribution in [3.63, 3.8) is 0 Å². The van der Waals surface area contributed by atoms with Gasteiger partial charge in [-0.25, -0.2) is 15.0 Å². The van der Waals surface area contributed by atoms with Crippen LogP contribution >= 0.6 is 0 Å². The van der Waals surface area contributed by atoms with Crippen molar-refractivity contribution in [3.8, 4) is 0 Å². The molecule has 4 aromatic rings. The normalized spacial score (nSPS) is 18.8. The topological polar surface area (TPSA) is 67.2 Å². The molecule has 0 spiro atoms. The van der Waals surface area contributed by atoms with Crippen LogP contribution in [0.4, 0.5) is 11.6 Å². The molecule has 0 bridgehead atoms. The van der Waals surface area contributed by atoms with Crippen LogP contribution in [0.25, 0.3) is 11.0 Å². The Morgan fingerprint density at radius 2 is 1.64 bits per heavy atom. The lowest BCUT2D eigenvalue weighted by Gasteiger charge is -2.40. The molecule has 0 N–H and O–H groups in total.